The Morgan fingerprint density at radius 3 is 2.71 bits per heavy atom. The van der Waals surface area contributed by atoms with E-state index in [-0.39, 0.29) is 6.42 Å². The molecule has 0 aliphatic carbocycles. The second-order valence-electron chi connectivity index (χ2n) is 3.83. The van der Waals surface area contributed by atoms with E-state index in [0.29, 0.717) is 13.0 Å². The summed E-state index contributed by atoms with van der Waals surface area (Å²) in [6, 6.07) is 5.88. The maximum Gasteiger partial charge on any atom is 0.303 e. The van der Waals surface area contributed by atoms with E-state index in [9.17, 15) is 4.79 Å². The summed E-state index contributed by atoms with van der Waals surface area (Å²) in [6.45, 7) is 0.512. The van der Waals surface area contributed by atoms with Crippen molar-refractivity contribution in [3.8, 4) is 5.75 Å². The monoisotopic (exact) mass is 238 g/mol. The highest BCUT2D eigenvalue weighted by Gasteiger charge is 2.05. The van der Waals surface area contributed by atoms with E-state index in [2.05, 4.69) is 0 Å². The fraction of sp³-hybridized carbons (Fsp3) is 0.462. The van der Waals surface area contributed by atoms with Crippen LogP contribution in [-0.4, -0.2) is 25.3 Å². The maximum absolute atomic E-state index is 10.4. The van der Waals surface area contributed by atoms with Crippen molar-refractivity contribution in [3.05, 3.63) is 29.3 Å². The van der Waals surface area contributed by atoms with Gasteiger partial charge in [0.15, 0.2) is 0 Å². The molecule has 1 aromatic rings. The van der Waals surface area contributed by atoms with Gasteiger partial charge in [-0.2, -0.15) is 0 Å². The molecule has 0 bridgehead atoms. The molecule has 0 aliphatic rings. The lowest BCUT2D eigenvalue weighted by Gasteiger charge is -2.09. The van der Waals surface area contributed by atoms with Crippen LogP contribution < -0.4 is 4.74 Å². The van der Waals surface area contributed by atoms with Crippen molar-refractivity contribution in [3.63, 3.8) is 0 Å². The van der Waals surface area contributed by atoms with E-state index in [1.54, 1.807) is 14.2 Å². The van der Waals surface area contributed by atoms with E-state index >= 15 is 0 Å². The summed E-state index contributed by atoms with van der Waals surface area (Å²) in [6.07, 6.45) is 1.58. The standard InChI is InChI=1S/C13H18O4/c1-16-9-11-7-6-10(8-12(11)17-2)4-3-5-13(14)15/h6-8H,3-5,9H2,1-2H3,(H,14,15). The summed E-state index contributed by atoms with van der Waals surface area (Å²) in [5.41, 5.74) is 2.08. The van der Waals surface area contributed by atoms with Crippen molar-refractivity contribution in [2.75, 3.05) is 14.2 Å². The number of aliphatic carboxylic acids is 1. The number of carbonyl (C=O) groups is 1. The van der Waals surface area contributed by atoms with Crippen LogP contribution in [0.1, 0.15) is 24.0 Å². The van der Waals surface area contributed by atoms with E-state index in [0.717, 1.165) is 23.3 Å². The molecule has 17 heavy (non-hydrogen) atoms. The van der Waals surface area contributed by atoms with E-state index in [1.165, 1.54) is 0 Å². The average Bonchev–Trinajstić information content (AvgIpc) is 2.30. The Bertz CT molecular complexity index is 374. The Labute approximate surface area is 101 Å². The van der Waals surface area contributed by atoms with Crippen molar-refractivity contribution in [1.82, 2.24) is 0 Å². The van der Waals surface area contributed by atoms with E-state index in [1.807, 2.05) is 18.2 Å². The average molecular weight is 238 g/mol. The minimum absolute atomic E-state index is 0.197. The highest BCUT2D eigenvalue weighted by Crippen LogP contribution is 2.21. The first kappa shape index (κ1) is 13.5. The van der Waals surface area contributed by atoms with Crippen LogP contribution in [-0.2, 0) is 22.6 Å². The zero-order chi connectivity index (χ0) is 12.7. The van der Waals surface area contributed by atoms with Gasteiger partial charge in [0, 0.05) is 19.1 Å². The molecule has 0 atom stereocenters. The number of hydrogen-bond acceptors (Lipinski definition) is 3. The molecular formula is C13H18O4. The maximum atomic E-state index is 10.4. The third-order valence-corrected chi connectivity index (χ3v) is 2.51. The van der Waals surface area contributed by atoms with Crippen LogP contribution in [0.5, 0.6) is 5.75 Å². The molecule has 0 heterocycles. The van der Waals surface area contributed by atoms with Gasteiger partial charge in [0.1, 0.15) is 5.75 Å². The smallest absolute Gasteiger partial charge is 0.303 e. The summed E-state index contributed by atoms with van der Waals surface area (Å²) in [4.78, 5) is 10.4. The van der Waals surface area contributed by atoms with Crippen LogP contribution in [0.15, 0.2) is 18.2 Å². The molecule has 0 saturated heterocycles. The Morgan fingerprint density at radius 1 is 1.35 bits per heavy atom. The Morgan fingerprint density at radius 2 is 2.12 bits per heavy atom. The van der Waals surface area contributed by atoms with Crippen LogP contribution in [0.25, 0.3) is 0 Å². The third kappa shape index (κ3) is 4.44. The molecule has 0 aliphatic heterocycles. The van der Waals surface area contributed by atoms with Crippen LogP contribution in [0.2, 0.25) is 0 Å². The second-order valence-corrected chi connectivity index (χ2v) is 3.83. The number of hydrogen-bond donors (Lipinski definition) is 1. The molecule has 1 aromatic carbocycles. The fourth-order valence-corrected chi connectivity index (χ4v) is 1.66. The largest absolute Gasteiger partial charge is 0.496 e. The normalized spacial score (nSPS) is 10.2. The molecule has 0 spiro atoms. The third-order valence-electron chi connectivity index (χ3n) is 2.51. The van der Waals surface area contributed by atoms with E-state index in [4.69, 9.17) is 14.6 Å². The summed E-state index contributed by atoms with van der Waals surface area (Å²) >= 11 is 0. The zero-order valence-corrected chi connectivity index (χ0v) is 10.2. The molecule has 0 fully saturated rings. The van der Waals surface area contributed by atoms with Gasteiger partial charge in [0.05, 0.1) is 13.7 Å². The first-order chi connectivity index (χ1) is 8.17. The number of aryl methyl sites for hydroxylation is 1. The molecule has 1 rings (SSSR count). The SMILES string of the molecule is COCc1ccc(CCCC(=O)O)cc1OC. The lowest BCUT2D eigenvalue weighted by Crippen LogP contribution is -1.98. The highest BCUT2D eigenvalue weighted by atomic mass is 16.5. The van der Waals surface area contributed by atoms with E-state index < -0.39 is 5.97 Å². The van der Waals surface area contributed by atoms with Gasteiger partial charge in [0.2, 0.25) is 0 Å². The van der Waals surface area contributed by atoms with Gasteiger partial charge in [0.25, 0.3) is 0 Å². The summed E-state index contributed by atoms with van der Waals surface area (Å²) in [7, 11) is 3.26. The molecule has 4 nitrogen and oxygen atoms in total. The quantitative estimate of drug-likeness (QED) is 0.791. The number of carboxylic acid groups (broad SMARTS) is 1. The Hall–Kier alpha value is -1.55. The van der Waals surface area contributed by atoms with Crippen LogP contribution in [0.4, 0.5) is 0 Å². The number of carboxylic acids is 1. The molecule has 94 valence electrons. The van der Waals surface area contributed by atoms with Crippen molar-refractivity contribution in [2.24, 2.45) is 0 Å². The summed E-state index contributed by atoms with van der Waals surface area (Å²) in [5, 5.41) is 8.57. The van der Waals surface area contributed by atoms with Gasteiger partial charge in [-0.25, -0.2) is 0 Å². The molecule has 0 aromatic heterocycles. The Balaban J connectivity index is 2.65. The number of ether oxygens (including phenoxy) is 2. The van der Waals surface area contributed by atoms with Crippen LogP contribution >= 0.6 is 0 Å². The molecule has 0 unspecified atom stereocenters. The molecule has 0 radical (unpaired) electrons. The number of rotatable bonds is 7. The molecule has 0 amide bonds. The van der Waals surface area contributed by atoms with Crippen molar-refractivity contribution in [2.45, 2.75) is 25.9 Å². The second kappa shape index (κ2) is 6.91. The van der Waals surface area contributed by atoms with Gasteiger partial charge in [-0.05, 0) is 24.5 Å². The lowest BCUT2D eigenvalue weighted by molar-refractivity contribution is -0.137. The zero-order valence-electron chi connectivity index (χ0n) is 10.2. The molecule has 4 heteroatoms. The topological polar surface area (TPSA) is 55.8 Å². The van der Waals surface area contributed by atoms with Gasteiger partial charge >= 0.3 is 5.97 Å². The highest BCUT2D eigenvalue weighted by molar-refractivity contribution is 5.66. The minimum Gasteiger partial charge on any atom is -0.496 e. The van der Waals surface area contributed by atoms with Gasteiger partial charge < -0.3 is 14.6 Å². The molecule has 1 N–H and O–H groups in total. The predicted octanol–water partition coefficient (Wildman–Crippen LogP) is 2.25. The number of benzene rings is 1. The Kier molecular flexibility index (Phi) is 5.49. The summed E-state index contributed by atoms with van der Waals surface area (Å²) in [5.74, 6) is 0.0349. The first-order valence-corrected chi connectivity index (χ1v) is 5.54. The minimum atomic E-state index is -0.757. The van der Waals surface area contributed by atoms with Crippen molar-refractivity contribution >= 4 is 5.97 Å². The number of methoxy groups -OCH3 is 2. The van der Waals surface area contributed by atoms with Gasteiger partial charge in [-0.1, -0.05) is 12.1 Å². The molecular weight excluding hydrogens is 220 g/mol. The van der Waals surface area contributed by atoms with Crippen LogP contribution in [0.3, 0.4) is 0 Å². The fourth-order valence-electron chi connectivity index (χ4n) is 1.66. The predicted molar refractivity (Wildman–Crippen MR) is 64.3 cm³/mol. The summed E-state index contributed by atoms with van der Waals surface area (Å²) < 4.78 is 10.3. The van der Waals surface area contributed by atoms with Crippen molar-refractivity contribution < 1.29 is 19.4 Å². The van der Waals surface area contributed by atoms with Crippen molar-refractivity contribution in [1.29, 1.82) is 0 Å². The van der Waals surface area contributed by atoms with Crippen LogP contribution in [0, 0.1) is 0 Å². The lowest BCUT2D eigenvalue weighted by atomic mass is 10.1. The first-order valence-electron chi connectivity index (χ1n) is 5.54. The van der Waals surface area contributed by atoms with Gasteiger partial charge in [-0.3, -0.25) is 4.79 Å². The molecule has 0 saturated carbocycles. The van der Waals surface area contributed by atoms with Gasteiger partial charge in [-0.15, -0.1) is 0 Å².